The number of rotatable bonds is 4. The summed E-state index contributed by atoms with van der Waals surface area (Å²) >= 11 is 2.77. The lowest BCUT2D eigenvalue weighted by molar-refractivity contribution is -0.113. The third-order valence-corrected chi connectivity index (χ3v) is 7.59. The molecular weight excluding hydrogens is 412 g/mol. The van der Waals surface area contributed by atoms with E-state index in [4.69, 9.17) is 0 Å². The fourth-order valence-corrected chi connectivity index (χ4v) is 5.70. The molecule has 5 nitrogen and oxygen atoms in total. The average molecular weight is 433 g/mol. The molecule has 3 aromatic rings. The predicted molar refractivity (Wildman–Crippen MR) is 121 cm³/mol. The van der Waals surface area contributed by atoms with Gasteiger partial charge in [0.1, 0.15) is 22.2 Å². The van der Waals surface area contributed by atoms with Gasteiger partial charge in [0.15, 0.2) is 0 Å². The maximum Gasteiger partial charge on any atom is 0.235 e. The Morgan fingerprint density at radius 3 is 2.70 bits per heavy atom. The van der Waals surface area contributed by atoms with Crippen molar-refractivity contribution in [2.75, 3.05) is 11.1 Å². The van der Waals surface area contributed by atoms with Crippen molar-refractivity contribution in [2.24, 2.45) is 0 Å². The minimum absolute atomic E-state index is 0.130. The fraction of sp³-hybridized carbons (Fsp3) is 0.304. The van der Waals surface area contributed by atoms with Crippen molar-refractivity contribution in [1.82, 2.24) is 4.98 Å². The van der Waals surface area contributed by atoms with Crippen LogP contribution in [0.1, 0.15) is 45.5 Å². The van der Waals surface area contributed by atoms with E-state index in [9.17, 15) is 15.3 Å². The van der Waals surface area contributed by atoms with Crippen molar-refractivity contribution in [3.8, 4) is 12.1 Å². The van der Waals surface area contributed by atoms with Gasteiger partial charge in [-0.2, -0.15) is 10.5 Å². The first-order chi connectivity index (χ1) is 14.5. The number of nitrogens with zero attached hydrogens (tertiary/aromatic N) is 3. The van der Waals surface area contributed by atoms with Crippen molar-refractivity contribution >= 4 is 44.9 Å². The van der Waals surface area contributed by atoms with Gasteiger partial charge in [0.25, 0.3) is 0 Å². The normalized spacial score (nSPS) is 12.8. The summed E-state index contributed by atoms with van der Waals surface area (Å²) in [6.45, 7) is 4.06. The van der Waals surface area contributed by atoms with Crippen molar-refractivity contribution in [3.05, 3.63) is 50.9 Å². The second kappa shape index (κ2) is 8.47. The Labute approximate surface area is 183 Å². The largest absolute Gasteiger partial charge is 0.316 e. The lowest BCUT2D eigenvalue weighted by Crippen LogP contribution is -2.14. The van der Waals surface area contributed by atoms with Crippen molar-refractivity contribution in [1.29, 1.82) is 10.5 Å². The van der Waals surface area contributed by atoms with Gasteiger partial charge in [-0.25, -0.2) is 4.98 Å². The van der Waals surface area contributed by atoms with Crippen LogP contribution >= 0.6 is 23.1 Å². The van der Waals surface area contributed by atoms with Crippen LogP contribution in [-0.2, 0) is 17.6 Å². The minimum Gasteiger partial charge on any atom is -0.316 e. The summed E-state index contributed by atoms with van der Waals surface area (Å²) in [6, 6.07) is 10.3. The van der Waals surface area contributed by atoms with Crippen LogP contribution in [0.3, 0.4) is 0 Å². The first-order valence-corrected chi connectivity index (χ1v) is 11.6. The minimum atomic E-state index is -0.194. The SMILES string of the molecule is Cc1cc2cc(C#N)c(SCC(=O)Nc3sc4c(c3C#N)CCCC4)nc2cc1C. The van der Waals surface area contributed by atoms with E-state index < -0.39 is 0 Å². The van der Waals surface area contributed by atoms with Crippen molar-refractivity contribution < 1.29 is 4.79 Å². The fourth-order valence-electron chi connectivity index (χ4n) is 3.68. The highest BCUT2D eigenvalue weighted by Gasteiger charge is 2.22. The highest BCUT2D eigenvalue weighted by atomic mass is 32.2. The van der Waals surface area contributed by atoms with E-state index in [0.717, 1.165) is 53.3 Å². The smallest absolute Gasteiger partial charge is 0.235 e. The zero-order valence-corrected chi connectivity index (χ0v) is 18.5. The van der Waals surface area contributed by atoms with E-state index in [0.29, 0.717) is 21.2 Å². The Balaban J connectivity index is 1.52. The lowest BCUT2D eigenvalue weighted by Gasteiger charge is -2.09. The van der Waals surface area contributed by atoms with Gasteiger partial charge >= 0.3 is 0 Å². The van der Waals surface area contributed by atoms with Gasteiger partial charge in [0.05, 0.1) is 22.4 Å². The quantitative estimate of drug-likeness (QED) is 0.568. The maximum atomic E-state index is 12.6. The number of nitrogens with one attached hydrogen (secondary N) is 1. The molecule has 0 aliphatic heterocycles. The third-order valence-electron chi connectivity index (χ3n) is 5.39. The van der Waals surface area contributed by atoms with Gasteiger partial charge in [-0.15, -0.1) is 11.3 Å². The molecular formula is C23H20N4OS2. The molecule has 150 valence electrons. The Bertz CT molecular complexity index is 1250. The molecule has 1 amide bonds. The molecule has 1 aliphatic rings. The second-order valence-electron chi connectivity index (χ2n) is 7.45. The first kappa shape index (κ1) is 20.4. The molecule has 2 heterocycles. The Kier molecular flexibility index (Phi) is 5.76. The molecule has 0 spiro atoms. The number of carbonyl (C=O) groups is 1. The summed E-state index contributed by atoms with van der Waals surface area (Å²) in [5, 5.41) is 24.1. The predicted octanol–water partition coefficient (Wildman–Crippen LogP) is 5.27. The van der Waals surface area contributed by atoms with Gasteiger partial charge < -0.3 is 5.32 Å². The molecule has 30 heavy (non-hydrogen) atoms. The molecule has 1 aromatic carbocycles. The van der Waals surface area contributed by atoms with Crippen LogP contribution in [0.4, 0.5) is 5.00 Å². The van der Waals surface area contributed by atoms with Crippen molar-refractivity contribution in [3.63, 3.8) is 0 Å². The van der Waals surface area contributed by atoms with E-state index in [1.165, 1.54) is 28.0 Å². The number of hydrogen-bond acceptors (Lipinski definition) is 6. The van der Waals surface area contributed by atoms with Gasteiger partial charge in [-0.1, -0.05) is 11.8 Å². The summed E-state index contributed by atoms with van der Waals surface area (Å²) in [5.74, 6) is -0.0631. The molecule has 0 saturated carbocycles. The standard InChI is InChI=1S/C23H20N4OS2/c1-13-7-15-9-16(10-24)22(26-19(15)8-14(13)2)29-12-21(28)27-23-18(11-25)17-5-3-4-6-20(17)30-23/h7-9H,3-6,12H2,1-2H3,(H,27,28). The monoisotopic (exact) mass is 432 g/mol. The van der Waals surface area contributed by atoms with Gasteiger partial charge in [-0.3, -0.25) is 4.79 Å². The van der Waals surface area contributed by atoms with Crippen LogP contribution in [-0.4, -0.2) is 16.6 Å². The first-order valence-electron chi connectivity index (χ1n) is 9.79. The van der Waals surface area contributed by atoms with Gasteiger partial charge in [-0.05, 0) is 74.4 Å². The average Bonchev–Trinajstić information content (AvgIpc) is 3.09. The van der Waals surface area contributed by atoms with Crippen molar-refractivity contribution in [2.45, 2.75) is 44.6 Å². The maximum absolute atomic E-state index is 12.6. The van der Waals surface area contributed by atoms with E-state index in [1.54, 1.807) is 0 Å². The number of fused-ring (bicyclic) bond motifs is 2. The number of nitriles is 2. The summed E-state index contributed by atoms with van der Waals surface area (Å²) < 4.78 is 0. The Hall–Kier alpha value is -2.87. The van der Waals surface area contributed by atoms with E-state index in [1.807, 2.05) is 32.0 Å². The number of benzene rings is 1. The third kappa shape index (κ3) is 3.92. The number of aromatic nitrogens is 1. The molecule has 0 fully saturated rings. The number of thiophene rings is 1. The molecule has 0 bridgehead atoms. The summed E-state index contributed by atoms with van der Waals surface area (Å²) in [5.41, 5.74) is 5.29. The lowest BCUT2D eigenvalue weighted by atomic mass is 9.96. The molecule has 0 saturated heterocycles. The molecule has 0 atom stereocenters. The highest BCUT2D eigenvalue weighted by molar-refractivity contribution is 8.00. The number of hydrogen-bond donors (Lipinski definition) is 1. The van der Waals surface area contributed by atoms with Crippen LogP contribution in [0.25, 0.3) is 10.9 Å². The topological polar surface area (TPSA) is 89.6 Å². The van der Waals surface area contributed by atoms with E-state index in [-0.39, 0.29) is 11.7 Å². The van der Waals surface area contributed by atoms with E-state index in [2.05, 4.69) is 22.4 Å². The molecule has 0 radical (unpaired) electrons. The molecule has 0 unspecified atom stereocenters. The molecule has 1 N–H and O–H groups in total. The molecule has 1 aliphatic carbocycles. The number of amides is 1. The van der Waals surface area contributed by atoms with E-state index >= 15 is 0 Å². The summed E-state index contributed by atoms with van der Waals surface area (Å²) in [4.78, 5) is 18.4. The van der Waals surface area contributed by atoms with Crippen LogP contribution < -0.4 is 5.32 Å². The van der Waals surface area contributed by atoms with Gasteiger partial charge in [0, 0.05) is 10.3 Å². The Morgan fingerprint density at radius 1 is 1.17 bits per heavy atom. The van der Waals surface area contributed by atoms with Crippen LogP contribution in [0, 0.1) is 36.5 Å². The molecule has 4 rings (SSSR count). The number of anilines is 1. The second-order valence-corrected chi connectivity index (χ2v) is 9.51. The van der Waals surface area contributed by atoms with Gasteiger partial charge in [0.2, 0.25) is 5.91 Å². The van der Waals surface area contributed by atoms with Crippen LogP contribution in [0.15, 0.2) is 23.2 Å². The zero-order chi connectivity index (χ0) is 21.3. The molecule has 7 heteroatoms. The van der Waals surface area contributed by atoms with Crippen LogP contribution in [0.5, 0.6) is 0 Å². The Morgan fingerprint density at radius 2 is 1.93 bits per heavy atom. The highest BCUT2D eigenvalue weighted by Crippen LogP contribution is 2.37. The summed E-state index contributed by atoms with van der Waals surface area (Å²) in [6.07, 6.45) is 4.10. The number of thioether (sulfide) groups is 1. The zero-order valence-electron chi connectivity index (χ0n) is 16.8. The molecule has 2 aromatic heterocycles. The summed E-state index contributed by atoms with van der Waals surface area (Å²) in [7, 11) is 0. The van der Waals surface area contributed by atoms with Crippen LogP contribution in [0.2, 0.25) is 0 Å². The number of pyridine rings is 1. The number of carbonyl (C=O) groups excluding carboxylic acids is 1. The number of aryl methyl sites for hydroxylation is 3.